The van der Waals surface area contributed by atoms with Crippen molar-refractivity contribution in [3.8, 4) is 33.8 Å². The van der Waals surface area contributed by atoms with Gasteiger partial charge in [-0.3, -0.25) is 33.2 Å². The maximum atomic E-state index is 4.57. The van der Waals surface area contributed by atoms with Gasteiger partial charge in [0.25, 0.3) is 0 Å². The molecule has 5 aromatic carbocycles. The van der Waals surface area contributed by atoms with Gasteiger partial charge in [-0.15, -0.1) is 71.6 Å². The van der Waals surface area contributed by atoms with E-state index >= 15 is 0 Å². The summed E-state index contributed by atoms with van der Waals surface area (Å²) in [4.78, 5) is 13.2. The second-order valence-corrected chi connectivity index (χ2v) is 11.0. The number of pyridine rings is 1. The molecule has 219 valence electrons. The molecular formula is C39H29BIrN3Y-4. The van der Waals surface area contributed by atoms with Crippen LogP contribution in [-0.2, 0) is 58.2 Å². The molecule has 0 unspecified atom stereocenters. The van der Waals surface area contributed by atoms with Crippen molar-refractivity contribution in [1.29, 1.82) is 0 Å². The molecule has 0 amide bonds. The Morgan fingerprint density at radius 1 is 0.600 bits per heavy atom. The van der Waals surface area contributed by atoms with Crippen LogP contribution < -0.4 is 0 Å². The summed E-state index contributed by atoms with van der Waals surface area (Å²) >= 11 is 0. The molecule has 0 bridgehead atoms. The molecule has 0 saturated carbocycles. The number of hydrogen-bond acceptors (Lipinski definition) is 3. The van der Waals surface area contributed by atoms with Crippen molar-refractivity contribution in [1.82, 2.24) is 15.0 Å². The third kappa shape index (κ3) is 8.69. The van der Waals surface area contributed by atoms with Crippen LogP contribution >= 0.6 is 0 Å². The molecule has 5 radical (unpaired) electrons. The van der Waals surface area contributed by atoms with E-state index in [1.807, 2.05) is 66.9 Å². The SMILES string of the molecule is CC(C)(C)c1ccnc(-c2[c-]cccc2)n1.[B].[Ir].[Y].[c-]1ccc(-c2[c-]c3ccc4ccccc4c3cc2)[c-]c1-c1ccccn1. The van der Waals surface area contributed by atoms with Gasteiger partial charge < -0.3 is 11.1 Å². The second-order valence-electron chi connectivity index (χ2n) is 11.0. The molecule has 0 atom stereocenters. The summed E-state index contributed by atoms with van der Waals surface area (Å²) in [5.41, 5.74) is 5.81. The van der Waals surface area contributed by atoms with Crippen molar-refractivity contribution in [3.05, 3.63) is 152 Å². The predicted molar refractivity (Wildman–Crippen MR) is 177 cm³/mol. The number of rotatable bonds is 3. The largest absolute Gasteiger partial charge is 0.352 e. The Kier molecular flexibility index (Phi) is 13.1. The summed E-state index contributed by atoms with van der Waals surface area (Å²) in [6.45, 7) is 6.44. The van der Waals surface area contributed by atoms with Gasteiger partial charge in [0.05, 0.1) is 5.82 Å². The Hall–Kier alpha value is -3.33. The summed E-state index contributed by atoms with van der Waals surface area (Å²) in [5.74, 6) is 0.744. The summed E-state index contributed by atoms with van der Waals surface area (Å²) in [5, 5.41) is 4.84. The molecule has 0 aliphatic heterocycles. The minimum Gasteiger partial charge on any atom is -0.352 e. The molecular weight excluding hydrogens is 802 g/mol. The number of aromatic nitrogens is 3. The average Bonchev–Trinajstić information content (AvgIpc) is 3.05. The Morgan fingerprint density at radius 3 is 2.13 bits per heavy atom. The first kappa shape index (κ1) is 36.1. The Labute approximate surface area is 306 Å². The Bertz CT molecular complexity index is 1980. The normalized spacial score (nSPS) is 10.5. The first-order chi connectivity index (χ1) is 20.5. The summed E-state index contributed by atoms with van der Waals surface area (Å²) in [6.07, 6.45) is 3.60. The molecule has 2 heterocycles. The fourth-order valence-electron chi connectivity index (χ4n) is 4.76. The fraction of sp³-hybridized carbons (Fsp3) is 0.103. The molecule has 3 nitrogen and oxygen atoms in total. The van der Waals surface area contributed by atoms with Crippen LogP contribution in [0.4, 0.5) is 0 Å². The maximum absolute atomic E-state index is 4.57. The fourth-order valence-corrected chi connectivity index (χ4v) is 4.76. The van der Waals surface area contributed by atoms with Crippen LogP contribution in [0.15, 0.2) is 122 Å². The van der Waals surface area contributed by atoms with Crippen molar-refractivity contribution >= 4 is 30.0 Å². The van der Waals surface area contributed by atoms with E-state index in [0.717, 1.165) is 44.9 Å². The molecule has 0 aliphatic carbocycles. The number of nitrogens with zero attached hydrogens (tertiary/aromatic N) is 3. The van der Waals surface area contributed by atoms with Gasteiger partial charge in [-0.1, -0.05) is 68.2 Å². The van der Waals surface area contributed by atoms with Crippen molar-refractivity contribution in [2.24, 2.45) is 0 Å². The molecule has 0 spiro atoms. The van der Waals surface area contributed by atoms with Crippen molar-refractivity contribution in [3.63, 3.8) is 0 Å². The number of benzene rings is 5. The molecule has 0 N–H and O–H groups in total. The average molecular weight is 832 g/mol. The van der Waals surface area contributed by atoms with Crippen LogP contribution in [0.1, 0.15) is 26.5 Å². The molecule has 7 aromatic rings. The quantitative estimate of drug-likeness (QED) is 0.102. The Morgan fingerprint density at radius 2 is 1.38 bits per heavy atom. The molecule has 0 aliphatic rings. The van der Waals surface area contributed by atoms with Gasteiger partial charge in [-0.05, 0) is 22.9 Å². The zero-order chi connectivity index (χ0) is 28.9. The van der Waals surface area contributed by atoms with E-state index in [1.54, 1.807) is 6.20 Å². The standard InChI is InChI=1S/C25H14N.C14H15N2.B.Ir.Y/c1-2-9-23-18(6-1)11-12-21-16-20(13-14-24(21)23)19-7-5-8-22(17-19)25-10-3-4-15-26-25;1-14(2,3)12-9-10-15-13(16-12)11-7-5-4-6-8-11;;;/h1-7,9-15H;4-7,9-10H,1-3H3;;;/q-3;-1;;;. The zero-order valence-corrected chi connectivity index (χ0v) is 30.6. The van der Waals surface area contributed by atoms with Gasteiger partial charge in [-0.25, -0.2) is 6.07 Å². The minimum atomic E-state index is 0. The first-order valence-corrected chi connectivity index (χ1v) is 14.0. The third-order valence-corrected chi connectivity index (χ3v) is 6.98. The van der Waals surface area contributed by atoms with Gasteiger partial charge >= 0.3 is 0 Å². The molecule has 0 saturated heterocycles. The Balaban J connectivity index is 0.000000254. The van der Waals surface area contributed by atoms with Crippen molar-refractivity contribution in [2.45, 2.75) is 26.2 Å². The molecule has 2 aromatic heterocycles. The molecule has 0 fully saturated rings. The maximum Gasteiger partial charge on any atom is 0.0751 e. The van der Waals surface area contributed by atoms with E-state index in [4.69, 9.17) is 0 Å². The minimum absolute atomic E-state index is 0. The van der Waals surface area contributed by atoms with Gasteiger partial charge in [0.1, 0.15) is 0 Å². The van der Waals surface area contributed by atoms with Gasteiger partial charge in [0, 0.05) is 84.7 Å². The van der Waals surface area contributed by atoms with Gasteiger partial charge in [0.15, 0.2) is 0 Å². The predicted octanol–water partition coefficient (Wildman–Crippen LogP) is 8.98. The third-order valence-electron chi connectivity index (χ3n) is 6.98. The van der Waals surface area contributed by atoms with E-state index in [2.05, 4.69) is 109 Å². The van der Waals surface area contributed by atoms with E-state index < -0.39 is 0 Å². The molecule has 7 rings (SSSR count). The summed E-state index contributed by atoms with van der Waals surface area (Å²) in [7, 11) is 0. The molecule has 45 heavy (non-hydrogen) atoms. The first-order valence-electron chi connectivity index (χ1n) is 14.0. The van der Waals surface area contributed by atoms with Crippen LogP contribution in [0.3, 0.4) is 0 Å². The van der Waals surface area contributed by atoms with Crippen LogP contribution in [-0.4, -0.2) is 23.4 Å². The topological polar surface area (TPSA) is 38.7 Å². The van der Waals surface area contributed by atoms with Crippen LogP contribution in [0.2, 0.25) is 0 Å². The smallest absolute Gasteiger partial charge is 0.0751 e. The van der Waals surface area contributed by atoms with Gasteiger partial charge in [0.2, 0.25) is 0 Å². The van der Waals surface area contributed by atoms with E-state index in [9.17, 15) is 0 Å². The van der Waals surface area contributed by atoms with E-state index in [-0.39, 0.29) is 66.6 Å². The molecule has 6 heteroatoms. The van der Waals surface area contributed by atoms with Gasteiger partial charge in [-0.2, -0.15) is 5.56 Å². The number of hydrogen-bond donors (Lipinski definition) is 0. The summed E-state index contributed by atoms with van der Waals surface area (Å²) in [6, 6.07) is 49.9. The van der Waals surface area contributed by atoms with E-state index in [1.165, 1.54) is 16.2 Å². The zero-order valence-electron chi connectivity index (χ0n) is 25.4. The van der Waals surface area contributed by atoms with Crippen molar-refractivity contribution in [2.75, 3.05) is 0 Å². The van der Waals surface area contributed by atoms with Crippen LogP contribution in [0, 0.1) is 24.3 Å². The van der Waals surface area contributed by atoms with Crippen molar-refractivity contribution < 1.29 is 52.8 Å². The van der Waals surface area contributed by atoms with E-state index in [0.29, 0.717) is 0 Å². The second kappa shape index (κ2) is 16.3. The summed E-state index contributed by atoms with van der Waals surface area (Å²) < 4.78 is 0. The number of fused-ring (bicyclic) bond motifs is 3. The van der Waals surface area contributed by atoms with Crippen LogP contribution in [0.5, 0.6) is 0 Å². The van der Waals surface area contributed by atoms with Crippen LogP contribution in [0.25, 0.3) is 55.3 Å². The monoisotopic (exact) mass is 832 g/mol.